The van der Waals surface area contributed by atoms with Gasteiger partial charge in [0.15, 0.2) is 5.65 Å². The Morgan fingerprint density at radius 1 is 1.27 bits per heavy atom. The number of methoxy groups -OCH3 is 1. The van der Waals surface area contributed by atoms with E-state index in [9.17, 15) is 22.0 Å². The summed E-state index contributed by atoms with van der Waals surface area (Å²) in [6, 6.07) is 4.87. The minimum Gasteiger partial charge on any atom is -0.468 e. The van der Waals surface area contributed by atoms with Crippen LogP contribution < -0.4 is 4.31 Å². The molecule has 0 N–H and O–H groups in total. The van der Waals surface area contributed by atoms with Gasteiger partial charge in [0.05, 0.1) is 12.8 Å². The van der Waals surface area contributed by atoms with Crippen LogP contribution in [0.4, 0.5) is 14.5 Å². The minimum atomic E-state index is -4.41. The van der Waals surface area contributed by atoms with Gasteiger partial charge in [0, 0.05) is 12.3 Å². The summed E-state index contributed by atoms with van der Waals surface area (Å²) < 4.78 is 59.8. The number of nitrogens with zero attached hydrogens (tertiary/aromatic N) is 4. The third-order valence-corrected chi connectivity index (χ3v) is 5.29. The first kappa shape index (κ1) is 17.7. The lowest BCUT2D eigenvalue weighted by Gasteiger charge is -2.23. The Morgan fingerprint density at radius 2 is 1.96 bits per heavy atom. The number of fused-ring (bicyclic) bond motifs is 1. The SMILES string of the molecule is COC(=O)CN(c1cc(F)cc(F)c1)S(=O)(=O)c1cccn2cnnc12. The normalized spacial score (nSPS) is 11.5. The Labute approximate surface area is 146 Å². The standard InChI is InChI=1S/C15H12F2N4O4S/c1-25-14(22)8-21(12-6-10(16)5-11(17)7-12)26(23,24)13-3-2-4-20-9-18-19-15(13)20/h2-7,9H,8H2,1H3. The van der Waals surface area contributed by atoms with Crippen molar-refractivity contribution in [1.29, 1.82) is 0 Å². The van der Waals surface area contributed by atoms with E-state index in [1.54, 1.807) is 0 Å². The van der Waals surface area contributed by atoms with Gasteiger partial charge >= 0.3 is 5.97 Å². The lowest BCUT2D eigenvalue weighted by molar-refractivity contribution is -0.138. The van der Waals surface area contributed by atoms with Gasteiger partial charge in [-0.05, 0) is 24.3 Å². The van der Waals surface area contributed by atoms with Gasteiger partial charge in [0.1, 0.15) is 29.4 Å². The van der Waals surface area contributed by atoms with Crippen LogP contribution in [0.3, 0.4) is 0 Å². The van der Waals surface area contributed by atoms with Crippen LogP contribution in [-0.4, -0.2) is 42.6 Å². The maximum Gasteiger partial charge on any atom is 0.326 e. The lowest BCUT2D eigenvalue weighted by Crippen LogP contribution is -2.36. The quantitative estimate of drug-likeness (QED) is 0.619. The summed E-state index contributed by atoms with van der Waals surface area (Å²) in [5, 5.41) is 7.37. The molecule has 0 saturated heterocycles. The van der Waals surface area contributed by atoms with Gasteiger partial charge in [0.25, 0.3) is 10.0 Å². The topological polar surface area (TPSA) is 93.9 Å². The molecule has 0 saturated carbocycles. The molecule has 11 heteroatoms. The van der Waals surface area contributed by atoms with Crippen molar-refractivity contribution in [2.45, 2.75) is 4.90 Å². The maximum atomic E-state index is 13.6. The van der Waals surface area contributed by atoms with Crippen LogP contribution in [-0.2, 0) is 19.6 Å². The molecule has 2 aromatic heterocycles. The molecule has 3 aromatic rings. The highest BCUT2D eigenvalue weighted by Gasteiger charge is 2.30. The van der Waals surface area contributed by atoms with E-state index in [2.05, 4.69) is 14.9 Å². The summed E-state index contributed by atoms with van der Waals surface area (Å²) in [6.45, 7) is -0.781. The van der Waals surface area contributed by atoms with Gasteiger partial charge in [-0.15, -0.1) is 10.2 Å². The van der Waals surface area contributed by atoms with E-state index in [0.29, 0.717) is 10.4 Å². The van der Waals surface area contributed by atoms with Crippen molar-refractivity contribution in [1.82, 2.24) is 14.6 Å². The van der Waals surface area contributed by atoms with Crippen LogP contribution >= 0.6 is 0 Å². The van der Waals surface area contributed by atoms with Crippen molar-refractivity contribution in [2.24, 2.45) is 0 Å². The van der Waals surface area contributed by atoms with E-state index >= 15 is 0 Å². The van der Waals surface area contributed by atoms with Gasteiger partial charge in [0.2, 0.25) is 0 Å². The first-order chi connectivity index (χ1) is 12.3. The number of pyridine rings is 1. The molecule has 0 unspecified atom stereocenters. The Balaban J connectivity index is 2.20. The Bertz CT molecular complexity index is 1060. The number of sulfonamides is 1. The summed E-state index contributed by atoms with van der Waals surface area (Å²) in [6.07, 6.45) is 2.82. The molecule has 26 heavy (non-hydrogen) atoms. The number of hydrogen-bond acceptors (Lipinski definition) is 6. The predicted octanol–water partition coefficient (Wildman–Crippen LogP) is 1.38. The number of carbonyl (C=O) groups is 1. The molecule has 0 aliphatic carbocycles. The zero-order valence-corrected chi connectivity index (χ0v) is 14.2. The summed E-state index contributed by atoms with van der Waals surface area (Å²) >= 11 is 0. The first-order valence-electron chi connectivity index (χ1n) is 7.17. The number of rotatable bonds is 5. The van der Waals surface area contributed by atoms with Crippen molar-refractivity contribution in [3.8, 4) is 0 Å². The molecule has 2 heterocycles. The molecule has 0 bridgehead atoms. The summed E-state index contributed by atoms with van der Waals surface area (Å²) in [7, 11) is -3.35. The molecular formula is C15H12F2N4O4S. The first-order valence-corrected chi connectivity index (χ1v) is 8.61. The van der Waals surface area contributed by atoms with Crippen LogP contribution in [0.5, 0.6) is 0 Å². The molecule has 0 aliphatic rings. The zero-order chi connectivity index (χ0) is 18.9. The molecule has 3 rings (SSSR count). The third-order valence-electron chi connectivity index (χ3n) is 3.49. The molecule has 0 spiro atoms. The lowest BCUT2D eigenvalue weighted by atomic mass is 10.3. The maximum absolute atomic E-state index is 13.6. The van der Waals surface area contributed by atoms with Crippen molar-refractivity contribution >= 4 is 27.3 Å². The number of carbonyl (C=O) groups excluding carboxylic acids is 1. The van der Waals surface area contributed by atoms with Crippen LogP contribution in [0.1, 0.15) is 0 Å². The van der Waals surface area contributed by atoms with E-state index in [-0.39, 0.29) is 16.2 Å². The number of anilines is 1. The van der Waals surface area contributed by atoms with Crippen molar-refractivity contribution in [2.75, 3.05) is 18.0 Å². The van der Waals surface area contributed by atoms with Gasteiger partial charge in [-0.2, -0.15) is 0 Å². The summed E-state index contributed by atoms with van der Waals surface area (Å²) in [4.78, 5) is 11.4. The average molecular weight is 382 g/mol. The van der Waals surface area contributed by atoms with E-state index in [0.717, 1.165) is 19.2 Å². The minimum absolute atomic E-state index is 0.000703. The summed E-state index contributed by atoms with van der Waals surface area (Å²) in [5.41, 5.74) is -0.367. The van der Waals surface area contributed by atoms with Gasteiger partial charge in [-0.1, -0.05) is 0 Å². The summed E-state index contributed by atoms with van der Waals surface area (Å²) in [5.74, 6) is -2.90. The molecule has 0 aliphatic heterocycles. The number of hydrogen-bond donors (Lipinski definition) is 0. The van der Waals surface area contributed by atoms with Crippen molar-refractivity contribution in [3.05, 3.63) is 54.5 Å². The van der Waals surface area contributed by atoms with Gasteiger partial charge < -0.3 is 4.74 Å². The Hall–Kier alpha value is -3.08. The second-order valence-corrected chi connectivity index (χ2v) is 6.98. The highest BCUT2D eigenvalue weighted by Crippen LogP contribution is 2.27. The van der Waals surface area contributed by atoms with Crippen molar-refractivity contribution in [3.63, 3.8) is 0 Å². The fraction of sp³-hybridized carbons (Fsp3) is 0.133. The van der Waals surface area contributed by atoms with Crippen LogP contribution in [0.2, 0.25) is 0 Å². The number of aromatic nitrogens is 3. The van der Waals surface area contributed by atoms with Gasteiger partial charge in [-0.25, -0.2) is 17.2 Å². The highest BCUT2D eigenvalue weighted by molar-refractivity contribution is 7.93. The van der Waals surface area contributed by atoms with Crippen molar-refractivity contribution < 1.29 is 26.7 Å². The smallest absolute Gasteiger partial charge is 0.326 e. The second kappa shape index (κ2) is 6.67. The molecule has 0 atom stereocenters. The third kappa shape index (κ3) is 3.20. The average Bonchev–Trinajstić information content (AvgIpc) is 3.06. The molecule has 136 valence electrons. The Kier molecular flexibility index (Phi) is 4.55. The molecule has 0 radical (unpaired) electrons. The highest BCUT2D eigenvalue weighted by atomic mass is 32.2. The molecule has 1 aromatic carbocycles. The van der Waals surface area contributed by atoms with Crippen LogP contribution in [0.15, 0.2) is 47.8 Å². The number of ether oxygens (including phenoxy) is 1. The fourth-order valence-electron chi connectivity index (χ4n) is 2.33. The van der Waals surface area contributed by atoms with Gasteiger partial charge in [-0.3, -0.25) is 13.5 Å². The number of halogens is 2. The predicted molar refractivity (Wildman–Crippen MR) is 85.9 cm³/mol. The molecule has 0 amide bonds. The van der Waals surface area contributed by atoms with E-state index in [1.807, 2.05) is 0 Å². The number of esters is 1. The van der Waals surface area contributed by atoms with Crippen LogP contribution in [0, 0.1) is 11.6 Å². The van der Waals surface area contributed by atoms with E-state index in [4.69, 9.17) is 0 Å². The largest absolute Gasteiger partial charge is 0.468 e. The van der Waals surface area contributed by atoms with E-state index < -0.39 is 34.2 Å². The number of benzene rings is 1. The second-order valence-electron chi connectivity index (χ2n) is 5.15. The molecular weight excluding hydrogens is 370 g/mol. The Morgan fingerprint density at radius 3 is 2.62 bits per heavy atom. The zero-order valence-electron chi connectivity index (χ0n) is 13.3. The molecule has 0 fully saturated rings. The fourth-order valence-corrected chi connectivity index (χ4v) is 3.85. The molecule has 8 nitrogen and oxygen atoms in total. The van der Waals surface area contributed by atoms with E-state index in [1.165, 1.54) is 29.1 Å². The van der Waals surface area contributed by atoms with Crippen LogP contribution in [0.25, 0.3) is 5.65 Å². The monoisotopic (exact) mass is 382 g/mol.